The minimum absolute atomic E-state index is 0.0370. The minimum atomic E-state index is -0.0370. The van der Waals surface area contributed by atoms with Crippen LogP contribution in [0.2, 0.25) is 0 Å². The number of aromatic nitrogens is 7. The van der Waals surface area contributed by atoms with Crippen LogP contribution >= 0.6 is 0 Å². The number of allylic oxidation sites excluding steroid dienone is 2. The number of nitrogens with zero attached hydrogens (tertiary/aromatic N) is 6. The first-order chi connectivity index (χ1) is 20.1. The Morgan fingerprint density at radius 3 is 2.44 bits per heavy atom. The lowest BCUT2D eigenvalue weighted by Crippen LogP contribution is -2.37. The highest BCUT2D eigenvalue weighted by molar-refractivity contribution is 5.78. The zero-order valence-corrected chi connectivity index (χ0v) is 23.0. The molecule has 5 aromatic rings. The van der Waals surface area contributed by atoms with Crippen LogP contribution in [0, 0.1) is 6.92 Å². The summed E-state index contributed by atoms with van der Waals surface area (Å²) in [6, 6.07) is 20.5. The van der Waals surface area contributed by atoms with Crippen molar-refractivity contribution in [1.82, 2.24) is 39.8 Å². The van der Waals surface area contributed by atoms with Crippen LogP contribution in [0.1, 0.15) is 35.8 Å². The summed E-state index contributed by atoms with van der Waals surface area (Å²) in [5.41, 5.74) is 7.20. The van der Waals surface area contributed by atoms with Crippen molar-refractivity contribution in [2.75, 3.05) is 13.1 Å². The van der Waals surface area contributed by atoms with E-state index in [9.17, 15) is 4.79 Å². The van der Waals surface area contributed by atoms with Gasteiger partial charge in [-0.2, -0.15) is 5.10 Å². The van der Waals surface area contributed by atoms with Gasteiger partial charge in [0.1, 0.15) is 17.1 Å². The SMILES string of the molecule is C=C/C=C\c1c(C)[nH]c(=O)n1C1CCN(Cc2ccc(-c3nc(-c4ccn[nH]4)nnc3-c3ccccc3)cc2)CC1. The Balaban J connectivity index is 1.18. The molecule has 6 rings (SSSR count). The number of rotatable bonds is 8. The number of benzene rings is 2. The molecule has 0 aliphatic carbocycles. The second-order valence-corrected chi connectivity index (χ2v) is 10.3. The smallest absolute Gasteiger partial charge is 0.310 e. The maximum atomic E-state index is 12.7. The van der Waals surface area contributed by atoms with Crippen LogP contribution in [-0.4, -0.2) is 52.9 Å². The van der Waals surface area contributed by atoms with Crippen molar-refractivity contribution in [2.45, 2.75) is 32.4 Å². The van der Waals surface area contributed by atoms with Crippen LogP contribution in [0.5, 0.6) is 0 Å². The molecule has 41 heavy (non-hydrogen) atoms. The van der Waals surface area contributed by atoms with E-state index in [1.807, 2.05) is 60.0 Å². The van der Waals surface area contributed by atoms with Crippen molar-refractivity contribution in [1.29, 1.82) is 0 Å². The maximum absolute atomic E-state index is 12.7. The summed E-state index contributed by atoms with van der Waals surface area (Å²) in [4.78, 5) is 23.0. The second kappa shape index (κ2) is 11.7. The molecule has 1 aliphatic rings. The number of H-pyrrole nitrogens is 2. The Morgan fingerprint density at radius 2 is 1.73 bits per heavy atom. The van der Waals surface area contributed by atoms with E-state index < -0.39 is 0 Å². The lowest BCUT2D eigenvalue weighted by molar-refractivity contribution is 0.177. The second-order valence-electron chi connectivity index (χ2n) is 10.3. The third-order valence-corrected chi connectivity index (χ3v) is 7.58. The predicted molar refractivity (Wildman–Crippen MR) is 161 cm³/mol. The Hall–Kier alpha value is -4.89. The van der Waals surface area contributed by atoms with Crippen molar-refractivity contribution >= 4 is 6.08 Å². The number of nitrogens with one attached hydrogen (secondary N) is 2. The molecule has 1 aliphatic heterocycles. The lowest BCUT2D eigenvalue weighted by atomic mass is 10.0. The maximum Gasteiger partial charge on any atom is 0.326 e. The molecule has 1 fully saturated rings. The van der Waals surface area contributed by atoms with Gasteiger partial charge in [-0.1, -0.05) is 73.3 Å². The summed E-state index contributed by atoms with van der Waals surface area (Å²) < 4.78 is 1.92. The Labute approximate surface area is 238 Å². The molecular weight excluding hydrogens is 512 g/mol. The number of aryl methyl sites for hydroxylation is 1. The first-order valence-electron chi connectivity index (χ1n) is 13.8. The number of aromatic amines is 2. The number of hydrogen-bond donors (Lipinski definition) is 2. The van der Waals surface area contributed by atoms with Crippen LogP contribution in [-0.2, 0) is 6.54 Å². The van der Waals surface area contributed by atoms with E-state index in [2.05, 4.69) is 61.1 Å². The topological polar surface area (TPSA) is 108 Å². The fourth-order valence-electron chi connectivity index (χ4n) is 5.48. The lowest BCUT2D eigenvalue weighted by Gasteiger charge is -2.32. The van der Waals surface area contributed by atoms with Gasteiger partial charge in [-0.15, -0.1) is 10.2 Å². The standard InChI is InChI=1S/C32H32N8O/c1-3-4-10-28-22(2)34-32(41)40(28)26-16-19-39(20-17-26)21-23-11-13-25(14-12-23)29-30(24-8-6-5-7-9-24)37-38-31(35-29)27-15-18-33-36-27/h3-15,18,26H,1,16-17,19-21H2,2H3,(H,33,36)(H,34,41)/b10-4-. The number of hydrogen-bond acceptors (Lipinski definition) is 6. The quantitative estimate of drug-likeness (QED) is 0.252. The number of piperidine rings is 1. The summed E-state index contributed by atoms with van der Waals surface area (Å²) in [6.07, 6.45) is 9.10. The molecule has 206 valence electrons. The minimum Gasteiger partial charge on any atom is -0.310 e. The van der Waals surface area contributed by atoms with E-state index in [-0.39, 0.29) is 11.7 Å². The van der Waals surface area contributed by atoms with Gasteiger partial charge in [0.05, 0.1) is 5.69 Å². The molecule has 0 radical (unpaired) electrons. The van der Waals surface area contributed by atoms with Gasteiger partial charge >= 0.3 is 5.69 Å². The zero-order chi connectivity index (χ0) is 28.2. The highest BCUT2D eigenvalue weighted by Gasteiger charge is 2.24. The molecule has 0 saturated carbocycles. The van der Waals surface area contributed by atoms with Crippen molar-refractivity contribution < 1.29 is 0 Å². The molecule has 1 saturated heterocycles. The first kappa shape index (κ1) is 26.3. The molecule has 0 atom stereocenters. The van der Waals surface area contributed by atoms with Crippen LogP contribution in [0.25, 0.3) is 40.1 Å². The van der Waals surface area contributed by atoms with E-state index in [0.29, 0.717) is 5.82 Å². The zero-order valence-electron chi connectivity index (χ0n) is 23.0. The highest BCUT2D eigenvalue weighted by atomic mass is 16.1. The Kier molecular flexibility index (Phi) is 7.51. The van der Waals surface area contributed by atoms with Gasteiger partial charge < -0.3 is 4.98 Å². The van der Waals surface area contributed by atoms with Crippen molar-refractivity contribution in [3.05, 3.63) is 113 Å². The first-order valence-corrected chi connectivity index (χ1v) is 13.8. The van der Waals surface area contributed by atoms with Crippen LogP contribution in [0.15, 0.2) is 90.4 Å². The van der Waals surface area contributed by atoms with Gasteiger partial charge in [0.25, 0.3) is 0 Å². The van der Waals surface area contributed by atoms with Gasteiger partial charge in [-0.05, 0) is 37.5 Å². The summed E-state index contributed by atoms with van der Waals surface area (Å²) >= 11 is 0. The number of imidazole rings is 1. The Morgan fingerprint density at radius 1 is 0.976 bits per heavy atom. The van der Waals surface area contributed by atoms with Crippen molar-refractivity contribution in [3.63, 3.8) is 0 Å². The molecule has 2 aromatic carbocycles. The predicted octanol–water partition coefficient (Wildman–Crippen LogP) is 5.43. The van der Waals surface area contributed by atoms with E-state index in [1.165, 1.54) is 5.56 Å². The third kappa shape index (κ3) is 5.57. The largest absolute Gasteiger partial charge is 0.326 e. The van der Waals surface area contributed by atoms with Gasteiger partial charge in [0.15, 0.2) is 5.82 Å². The van der Waals surface area contributed by atoms with Gasteiger partial charge in [0, 0.05) is 48.7 Å². The average molecular weight is 545 g/mol. The van der Waals surface area contributed by atoms with Crippen molar-refractivity contribution in [2.24, 2.45) is 0 Å². The van der Waals surface area contributed by atoms with Crippen LogP contribution < -0.4 is 5.69 Å². The molecule has 2 N–H and O–H groups in total. The van der Waals surface area contributed by atoms with E-state index in [0.717, 1.165) is 72.1 Å². The van der Waals surface area contributed by atoms with Gasteiger partial charge in [0.2, 0.25) is 0 Å². The molecular formula is C32H32N8O. The summed E-state index contributed by atoms with van der Waals surface area (Å²) in [5.74, 6) is 0.504. The monoisotopic (exact) mass is 544 g/mol. The molecule has 9 nitrogen and oxygen atoms in total. The Bertz CT molecular complexity index is 1710. The van der Waals surface area contributed by atoms with Gasteiger partial charge in [-0.25, -0.2) is 9.78 Å². The third-order valence-electron chi connectivity index (χ3n) is 7.58. The van der Waals surface area contributed by atoms with E-state index in [1.54, 1.807) is 12.3 Å². The summed E-state index contributed by atoms with van der Waals surface area (Å²) in [6.45, 7) is 8.40. The molecule has 9 heteroatoms. The molecule has 0 spiro atoms. The number of likely N-dealkylation sites (tertiary alicyclic amines) is 1. The molecule has 4 heterocycles. The highest BCUT2D eigenvalue weighted by Crippen LogP contribution is 2.31. The van der Waals surface area contributed by atoms with E-state index in [4.69, 9.17) is 4.98 Å². The molecule has 0 bridgehead atoms. The fourth-order valence-corrected chi connectivity index (χ4v) is 5.48. The normalized spacial score (nSPS) is 14.6. The van der Waals surface area contributed by atoms with E-state index >= 15 is 0 Å². The van der Waals surface area contributed by atoms with Crippen LogP contribution in [0.3, 0.4) is 0 Å². The van der Waals surface area contributed by atoms with Gasteiger partial charge in [-0.3, -0.25) is 14.6 Å². The molecule has 0 amide bonds. The van der Waals surface area contributed by atoms with Crippen molar-refractivity contribution in [3.8, 4) is 34.0 Å². The summed E-state index contributed by atoms with van der Waals surface area (Å²) in [5, 5.41) is 15.9. The fraction of sp³-hybridized carbons (Fsp3) is 0.219. The average Bonchev–Trinajstić information content (AvgIpc) is 3.65. The van der Waals surface area contributed by atoms with Crippen LogP contribution in [0.4, 0.5) is 0 Å². The summed E-state index contributed by atoms with van der Waals surface area (Å²) in [7, 11) is 0. The molecule has 0 unspecified atom stereocenters. The molecule has 3 aromatic heterocycles.